The van der Waals surface area contributed by atoms with Gasteiger partial charge in [0.15, 0.2) is 0 Å². The summed E-state index contributed by atoms with van der Waals surface area (Å²) < 4.78 is 0. The first-order valence-electron chi connectivity index (χ1n) is 4.27. The van der Waals surface area contributed by atoms with Crippen LogP contribution in [0.25, 0.3) is 0 Å². The fraction of sp³-hybridized carbons (Fsp3) is 0.333. The third-order valence-electron chi connectivity index (χ3n) is 1.74. The molecule has 0 spiro atoms. The summed E-state index contributed by atoms with van der Waals surface area (Å²) in [6, 6.07) is 1.44. The number of carbonyl (C=O) groups excluding carboxylic acids is 1. The third kappa shape index (κ3) is 4.14. The minimum atomic E-state index is -0.172. The molecule has 0 atom stereocenters. The van der Waals surface area contributed by atoms with E-state index < -0.39 is 0 Å². The summed E-state index contributed by atoms with van der Waals surface area (Å²) >= 11 is 0. The summed E-state index contributed by atoms with van der Waals surface area (Å²) in [6.07, 6.45) is 1.49. The number of nitrogens with one attached hydrogen (secondary N) is 3. The van der Waals surface area contributed by atoms with Gasteiger partial charge in [-0.1, -0.05) is 0 Å². The van der Waals surface area contributed by atoms with Crippen LogP contribution in [0.1, 0.15) is 5.56 Å². The van der Waals surface area contributed by atoms with Gasteiger partial charge in [0.05, 0.1) is 12.2 Å². The van der Waals surface area contributed by atoms with Gasteiger partial charge in [0.1, 0.15) is 0 Å². The predicted molar refractivity (Wildman–Crippen MR) is 61.6 cm³/mol. The predicted octanol–water partition coefficient (Wildman–Crippen LogP) is 0.263. The molecule has 1 aromatic heterocycles. The maximum atomic E-state index is 11.2. The number of H-pyrrole nitrogens is 1. The summed E-state index contributed by atoms with van der Waals surface area (Å²) in [4.78, 5) is 24.6. The molecule has 0 aliphatic rings. The molecule has 0 unspecified atom stereocenters. The number of aromatic nitrogens is 1. The van der Waals surface area contributed by atoms with Crippen molar-refractivity contribution in [2.24, 2.45) is 0 Å². The summed E-state index contributed by atoms with van der Waals surface area (Å²) in [5, 5.41) is 5.40. The van der Waals surface area contributed by atoms with Crippen molar-refractivity contribution in [3.8, 4) is 0 Å². The van der Waals surface area contributed by atoms with Gasteiger partial charge < -0.3 is 15.6 Å². The van der Waals surface area contributed by atoms with Gasteiger partial charge in [-0.25, -0.2) is 0 Å². The van der Waals surface area contributed by atoms with Gasteiger partial charge >= 0.3 is 0 Å². The first-order valence-corrected chi connectivity index (χ1v) is 4.27. The highest BCUT2D eigenvalue weighted by molar-refractivity contribution is 5.92. The zero-order valence-corrected chi connectivity index (χ0v) is 9.40. The fourth-order valence-electron chi connectivity index (χ4n) is 1.06. The average molecular weight is 232 g/mol. The van der Waals surface area contributed by atoms with E-state index in [4.69, 9.17) is 0 Å². The van der Waals surface area contributed by atoms with Crippen molar-refractivity contribution in [3.63, 3.8) is 0 Å². The Bertz CT molecular complexity index is 389. The Morgan fingerprint density at radius 2 is 2.20 bits per heavy atom. The second-order valence-electron chi connectivity index (χ2n) is 2.97. The van der Waals surface area contributed by atoms with Crippen LogP contribution in [0.2, 0.25) is 0 Å². The molecule has 1 rings (SSSR count). The Hall–Kier alpha value is -1.33. The van der Waals surface area contributed by atoms with E-state index in [0.29, 0.717) is 5.69 Å². The summed E-state index contributed by atoms with van der Waals surface area (Å²) in [5.74, 6) is -0.136. The van der Waals surface area contributed by atoms with E-state index in [9.17, 15) is 9.59 Å². The standard InChI is InChI=1S/C9H13N3O2.ClH/c1-6-3-8(13)11-4-7(6)12-9(14)5-10-2;/h3-4,10H,5H2,1-2H3,(H,11,13)(H,12,14);1H. The van der Waals surface area contributed by atoms with E-state index in [1.807, 2.05) is 0 Å². The Balaban J connectivity index is 0.00000196. The Labute approximate surface area is 93.7 Å². The average Bonchev–Trinajstić information content (AvgIpc) is 2.10. The lowest BCUT2D eigenvalue weighted by Gasteiger charge is -2.06. The maximum Gasteiger partial charge on any atom is 0.248 e. The van der Waals surface area contributed by atoms with Crippen LogP contribution in [0.5, 0.6) is 0 Å². The molecule has 5 nitrogen and oxygen atoms in total. The quantitative estimate of drug-likeness (QED) is 0.699. The topological polar surface area (TPSA) is 74.0 Å². The van der Waals surface area contributed by atoms with E-state index in [-0.39, 0.29) is 30.4 Å². The number of carbonyl (C=O) groups is 1. The molecule has 1 aromatic rings. The molecule has 15 heavy (non-hydrogen) atoms. The summed E-state index contributed by atoms with van der Waals surface area (Å²) in [7, 11) is 1.69. The van der Waals surface area contributed by atoms with Crippen LogP contribution in [-0.2, 0) is 4.79 Å². The second kappa shape index (κ2) is 6.21. The Morgan fingerprint density at radius 1 is 1.53 bits per heavy atom. The molecule has 0 aliphatic heterocycles. The highest BCUT2D eigenvalue weighted by Crippen LogP contribution is 2.08. The van der Waals surface area contributed by atoms with Gasteiger partial charge in [-0.15, -0.1) is 12.4 Å². The molecule has 0 aromatic carbocycles. The van der Waals surface area contributed by atoms with Crippen molar-refractivity contribution in [1.29, 1.82) is 0 Å². The number of hydrogen-bond donors (Lipinski definition) is 3. The first kappa shape index (κ1) is 13.7. The lowest BCUT2D eigenvalue weighted by molar-refractivity contribution is -0.115. The van der Waals surface area contributed by atoms with Gasteiger partial charge in [-0.3, -0.25) is 9.59 Å². The van der Waals surface area contributed by atoms with Crippen molar-refractivity contribution in [2.75, 3.05) is 18.9 Å². The molecule has 3 N–H and O–H groups in total. The van der Waals surface area contributed by atoms with E-state index in [1.54, 1.807) is 14.0 Å². The molecule has 1 heterocycles. The van der Waals surface area contributed by atoms with Crippen LogP contribution in [0.4, 0.5) is 5.69 Å². The lowest BCUT2D eigenvalue weighted by atomic mass is 10.2. The van der Waals surface area contributed by atoms with Gasteiger partial charge in [0, 0.05) is 12.3 Å². The smallest absolute Gasteiger partial charge is 0.248 e. The largest absolute Gasteiger partial charge is 0.327 e. The normalized spacial score (nSPS) is 9.20. The molecule has 0 bridgehead atoms. The van der Waals surface area contributed by atoms with Gasteiger partial charge in [0.2, 0.25) is 11.5 Å². The number of aryl methyl sites for hydroxylation is 1. The minimum Gasteiger partial charge on any atom is -0.327 e. The van der Waals surface area contributed by atoms with Crippen LogP contribution in [0, 0.1) is 6.92 Å². The SMILES string of the molecule is CNCC(=O)Nc1c[nH]c(=O)cc1C.Cl. The lowest BCUT2D eigenvalue weighted by Crippen LogP contribution is -2.25. The highest BCUT2D eigenvalue weighted by Gasteiger charge is 2.03. The minimum absolute atomic E-state index is 0. The number of halogens is 1. The van der Waals surface area contributed by atoms with E-state index >= 15 is 0 Å². The van der Waals surface area contributed by atoms with Crippen LogP contribution >= 0.6 is 12.4 Å². The van der Waals surface area contributed by atoms with Crippen LogP contribution < -0.4 is 16.2 Å². The number of likely N-dealkylation sites (N-methyl/N-ethyl adjacent to an activating group) is 1. The van der Waals surface area contributed by atoms with Crippen molar-refractivity contribution in [2.45, 2.75) is 6.92 Å². The number of amides is 1. The molecule has 0 fully saturated rings. The Morgan fingerprint density at radius 3 is 2.73 bits per heavy atom. The number of rotatable bonds is 3. The fourth-order valence-corrected chi connectivity index (χ4v) is 1.06. The number of anilines is 1. The number of pyridine rings is 1. The zero-order chi connectivity index (χ0) is 10.6. The molecule has 0 saturated carbocycles. The van der Waals surface area contributed by atoms with Crippen LogP contribution in [0.3, 0.4) is 0 Å². The van der Waals surface area contributed by atoms with Gasteiger partial charge in [-0.2, -0.15) is 0 Å². The Kier molecular flexibility index (Phi) is 5.66. The summed E-state index contributed by atoms with van der Waals surface area (Å²) in [6.45, 7) is 2.02. The monoisotopic (exact) mass is 231 g/mol. The van der Waals surface area contributed by atoms with Crippen molar-refractivity contribution in [1.82, 2.24) is 10.3 Å². The van der Waals surface area contributed by atoms with Crippen molar-refractivity contribution >= 4 is 24.0 Å². The van der Waals surface area contributed by atoms with Crippen LogP contribution in [0.15, 0.2) is 17.1 Å². The van der Waals surface area contributed by atoms with Gasteiger partial charge in [0.25, 0.3) is 0 Å². The summed E-state index contributed by atoms with van der Waals surface area (Å²) in [5.41, 5.74) is 1.21. The van der Waals surface area contributed by atoms with Crippen molar-refractivity contribution < 1.29 is 4.79 Å². The van der Waals surface area contributed by atoms with E-state index in [0.717, 1.165) is 5.56 Å². The first-order chi connectivity index (χ1) is 6.63. The molecule has 0 aliphatic carbocycles. The molecule has 0 radical (unpaired) electrons. The molecule has 84 valence electrons. The number of aromatic amines is 1. The maximum absolute atomic E-state index is 11.2. The molecule has 1 amide bonds. The molecule has 0 saturated heterocycles. The second-order valence-corrected chi connectivity index (χ2v) is 2.97. The van der Waals surface area contributed by atoms with Crippen molar-refractivity contribution in [3.05, 3.63) is 28.2 Å². The molecule has 6 heteroatoms. The molecular weight excluding hydrogens is 218 g/mol. The number of hydrogen-bond acceptors (Lipinski definition) is 3. The van der Waals surface area contributed by atoms with E-state index in [2.05, 4.69) is 15.6 Å². The zero-order valence-electron chi connectivity index (χ0n) is 8.59. The molecular formula is C9H14ClN3O2. The van der Waals surface area contributed by atoms with Crippen LogP contribution in [-0.4, -0.2) is 24.5 Å². The highest BCUT2D eigenvalue weighted by atomic mass is 35.5. The van der Waals surface area contributed by atoms with E-state index in [1.165, 1.54) is 12.3 Å². The van der Waals surface area contributed by atoms with Gasteiger partial charge in [-0.05, 0) is 19.5 Å². The third-order valence-corrected chi connectivity index (χ3v) is 1.74.